The molecule has 8 amide bonds. The van der Waals surface area contributed by atoms with Gasteiger partial charge in [0.15, 0.2) is 35.8 Å². The van der Waals surface area contributed by atoms with E-state index in [0.29, 0.717) is 177 Å². The van der Waals surface area contributed by atoms with Crippen molar-refractivity contribution < 1.29 is 38.4 Å². The highest BCUT2D eigenvalue weighted by atomic mass is 32.2. The lowest BCUT2D eigenvalue weighted by Crippen LogP contribution is -2.23. The molecule has 6 aromatic rings. The van der Waals surface area contributed by atoms with E-state index in [2.05, 4.69) is 92.4 Å². The summed E-state index contributed by atoms with van der Waals surface area (Å²) in [6.07, 6.45) is 6.90. The fraction of sp³-hybridized carbons (Fsp3) is 0.457. The Hall–Kier alpha value is -13.1. The first-order valence-corrected chi connectivity index (χ1v) is 48.3. The summed E-state index contributed by atoms with van der Waals surface area (Å²) in [6.45, 7) is 30.6. The molecule has 0 fully saturated rings. The van der Waals surface area contributed by atoms with Gasteiger partial charge in [0.25, 0.3) is 23.6 Å². The highest BCUT2D eigenvalue weighted by Gasteiger charge is 2.29. The number of nitrogens with zero attached hydrogens (tertiary/aromatic N) is 10. The molecule has 40 nitrogen and oxygen atoms in total. The molecule has 0 unspecified atom stereocenters. The van der Waals surface area contributed by atoms with Crippen LogP contribution in [0.25, 0.3) is 0 Å². The van der Waals surface area contributed by atoms with Crippen LogP contribution in [0.15, 0.2) is 145 Å². The maximum absolute atomic E-state index is 14.3. The van der Waals surface area contributed by atoms with Gasteiger partial charge >= 0.3 is 0 Å². The fourth-order valence-corrected chi connectivity index (χ4v) is 16.1. The number of benzene rings is 5. The Morgan fingerprint density at radius 2 is 0.493 bits per heavy atom. The van der Waals surface area contributed by atoms with Crippen LogP contribution in [0, 0.1) is 0 Å². The molecule has 0 saturated heterocycles. The van der Waals surface area contributed by atoms with Gasteiger partial charge in [-0.15, -0.1) is 47.0 Å². The van der Waals surface area contributed by atoms with E-state index >= 15 is 0 Å². The van der Waals surface area contributed by atoms with Gasteiger partial charge in [0, 0.05) is 92.1 Å². The highest BCUT2D eigenvalue weighted by molar-refractivity contribution is 8.00. The molecule has 0 spiro atoms. The number of amidine groups is 2. The predicted octanol–water partition coefficient (Wildman–Crippen LogP) is 9.56. The SMILES string of the molecule is CC(N)=NCCCCC(=O)Nc1cc(C(C)(C)C)cc(NC(=O)c2cc(C(=O)Nc3cc(C(C)(C)C)cc(NC(=O)CCCCN=C(N)N)c3SCCN=C(N)N)ncn2)c1SCCN=C(N)N.CC(N)=NCCCCC(=O)Nc1cc(C(C)(C)C)cc(NC(=O)c2cccc(C(=O)Nc3cc(C(C)(C)C)cc(NC(=O)CCCCN=C(N)N)c3SCCN=C(N)N)c2)c1SCCN=C(N)N. The van der Waals surface area contributed by atoms with Gasteiger partial charge in [-0.05, 0) is 176 Å². The zero-order valence-corrected chi connectivity index (χ0v) is 83.8. The van der Waals surface area contributed by atoms with Crippen molar-refractivity contribution in [3.8, 4) is 0 Å². The van der Waals surface area contributed by atoms with Crippen molar-refractivity contribution in [3.05, 3.63) is 130 Å². The largest absolute Gasteiger partial charge is 0.388 e. The summed E-state index contributed by atoms with van der Waals surface area (Å²) in [5.41, 5.74) is 83.5. The van der Waals surface area contributed by atoms with Gasteiger partial charge in [-0.3, -0.25) is 78.3 Å². The third-order valence-electron chi connectivity index (χ3n) is 19.5. The molecule has 740 valence electrons. The van der Waals surface area contributed by atoms with Crippen molar-refractivity contribution in [2.24, 2.45) is 120 Å². The first-order chi connectivity index (χ1) is 63.9. The van der Waals surface area contributed by atoms with Gasteiger partial charge < -0.3 is 123 Å². The third kappa shape index (κ3) is 42.2. The molecule has 0 bridgehead atoms. The molecule has 0 saturated carbocycles. The van der Waals surface area contributed by atoms with Gasteiger partial charge in [0.2, 0.25) is 23.6 Å². The molecule has 1 aromatic heterocycles. The number of carbonyl (C=O) groups is 8. The lowest BCUT2D eigenvalue weighted by molar-refractivity contribution is -0.117. The second-order valence-electron chi connectivity index (χ2n) is 35.6. The number of rotatable bonds is 48. The summed E-state index contributed by atoms with van der Waals surface area (Å²) >= 11 is 5.43. The Morgan fingerprint density at radius 3 is 0.713 bits per heavy atom. The van der Waals surface area contributed by atoms with Crippen molar-refractivity contribution in [3.63, 3.8) is 0 Å². The number of nitrogens with two attached hydrogens (primary N) is 14. The average Bonchev–Trinajstić information content (AvgIpc) is 0.803. The zero-order valence-electron chi connectivity index (χ0n) is 80.5. The predicted molar refractivity (Wildman–Crippen MR) is 562 cm³/mol. The Kier molecular flexibility index (Phi) is 46.4. The van der Waals surface area contributed by atoms with Gasteiger partial charge in [-0.1, -0.05) is 89.2 Å². The second-order valence-corrected chi connectivity index (χ2v) is 40.0. The standard InChI is InChI=1S/C47H71N15O4S2.C45H69N17O4S2/c1-28(48)55-17-10-8-15-37(63)59-33-24-31(46(2,3)4)26-35(39(33)67-21-19-57-44(51)52)61-41(65)29-13-12-14-30(23-29)42(66)62-36-27-32(47(5,6)7)25-34(40(36)68-22-20-58-45(53)54)60-38(64)16-9-11-18-56-43(49)50;1-26(46)53-14-10-8-12-35(63)59-29-20-27(44(2,3)4)22-31(37(29)67-18-16-55-42(49)50)61-39(65)33-24-34(58-25-57-33)40(66)62-32-23-28(45(5,6)7)21-30(38(32)68-19-17-56-43(51)52)60-36(64)13-9-11-15-54-41(47)48/h12-14,23-27H,8-11,15-22H2,1-7H3,(H2,48,55)(H,59,63)(H,60,64)(H,61,65)(H,62,66)(H4,49,50,56)(H4,51,52,57)(H4,53,54,58);20-25H,8-19H2,1-7H3,(H2,46,53)(H,59,63)(H,60,64)(H,61,65)(H,62,66)(H4,47,48,54)(H4,49,50,55)(H4,51,52,56). The van der Waals surface area contributed by atoms with Crippen LogP contribution in [-0.2, 0) is 40.8 Å². The molecule has 0 radical (unpaired) electrons. The lowest BCUT2D eigenvalue weighted by Gasteiger charge is -2.25. The molecular formula is C92H140N32O8S4. The quantitative estimate of drug-likeness (QED) is 0.00731. The Labute approximate surface area is 813 Å². The number of unbranched alkanes of at least 4 members (excludes halogenated alkanes) is 4. The third-order valence-corrected chi connectivity index (χ3v) is 24.0. The molecular weight excluding hydrogens is 1810 g/mol. The zero-order chi connectivity index (χ0) is 101. The minimum Gasteiger partial charge on any atom is -0.388 e. The van der Waals surface area contributed by atoms with Gasteiger partial charge in [-0.25, -0.2) is 9.97 Å². The van der Waals surface area contributed by atoms with Crippen LogP contribution in [0.4, 0.5) is 45.5 Å². The van der Waals surface area contributed by atoms with E-state index in [1.165, 1.54) is 59.2 Å². The second kappa shape index (κ2) is 55.7. The van der Waals surface area contributed by atoms with Crippen molar-refractivity contribution in [1.29, 1.82) is 0 Å². The topological polar surface area (TPSA) is 722 Å². The van der Waals surface area contributed by atoms with Crippen LogP contribution in [0.1, 0.15) is 238 Å². The average molecular weight is 1950 g/mol. The number of thioether (sulfide) groups is 4. The van der Waals surface area contributed by atoms with E-state index in [1.54, 1.807) is 32.0 Å². The smallest absolute Gasteiger partial charge is 0.274 e. The summed E-state index contributed by atoms with van der Waals surface area (Å²) < 4.78 is 0. The molecule has 0 atom stereocenters. The van der Waals surface area contributed by atoms with Crippen LogP contribution in [0.5, 0.6) is 0 Å². The molecule has 44 heteroatoms. The molecule has 136 heavy (non-hydrogen) atoms. The van der Waals surface area contributed by atoms with Crippen LogP contribution >= 0.6 is 47.0 Å². The van der Waals surface area contributed by atoms with E-state index in [9.17, 15) is 38.4 Å². The number of hydrogen-bond acceptors (Lipinski definition) is 22. The number of aromatic nitrogens is 2. The van der Waals surface area contributed by atoms with Gasteiger partial charge in [0.05, 0.1) is 103 Å². The molecule has 0 aliphatic heterocycles. The number of hydrogen-bond donors (Lipinski definition) is 22. The van der Waals surface area contributed by atoms with Gasteiger partial charge in [0.1, 0.15) is 17.7 Å². The summed E-state index contributed by atoms with van der Waals surface area (Å²) in [7, 11) is 0. The number of guanidine groups is 6. The number of anilines is 8. The fourth-order valence-electron chi connectivity index (χ4n) is 12.4. The maximum Gasteiger partial charge on any atom is 0.274 e. The minimum absolute atomic E-state index is 0.00594. The van der Waals surface area contributed by atoms with E-state index in [4.69, 9.17) is 80.3 Å². The first-order valence-electron chi connectivity index (χ1n) is 44.4. The number of aliphatic imine (C=N–C) groups is 8. The lowest BCUT2D eigenvalue weighted by atomic mass is 9.86. The molecule has 1 heterocycles. The summed E-state index contributed by atoms with van der Waals surface area (Å²) in [5.74, 6) is -0.759. The molecule has 5 aromatic carbocycles. The van der Waals surface area contributed by atoms with E-state index in [-0.39, 0.29) is 145 Å². The minimum atomic E-state index is -0.642. The van der Waals surface area contributed by atoms with Crippen LogP contribution in [-0.4, -0.2) is 180 Å². The number of carbonyl (C=O) groups excluding carboxylic acids is 8. The van der Waals surface area contributed by atoms with Gasteiger partial charge in [-0.2, -0.15) is 0 Å². The Balaban J connectivity index is 0.000000480. The monoisotopic (exact) mass is 1950 g/mol. The Morgan fingerprint density at radius 1 is 0.279 bits per heavy atom. The molecule has 6 rings (SSSR count). The maximum atomic E-state index is 14.3. The van der Waals surface area contributed by atoms with Crippen molar-refractivity contribution in [2.45, 2.75) is 215 Å². The molecule has 36 N–H and O–H groups in total. The van der Waals surface area contributed by atoms with Crippen LogP contribution in [0.2, 0.25) is 0 Å². The summed E-state index contributed by atoms with van der Waals surface area (Å²) in [5, 5.41) is 24.3. The van der Waals surface area contributed by atoms with Crippen LogP contribution < -0.4 is 123 Å². The normalized spacial score (nSPS) is 11.5. The van der Waals surface area contributed by atoms with E-state index in [1.807, 2.05) is 132 Å². The van der Waals surface area contributed by atoms with Crippen LogP contribution in [0.3, 0.4) is 0 Å². The molecule has 0 aliphatic carbocycles. The summed E-state index contributed by atoms with van der Waals surface area (Å²) in [4.78, 5) is 154. The first kappa shape index (κ1) is 113. The Bertz CT molecular complexity index is 4720. The number of amides is 8. The van der Waals surface area contributed by atoms with E-state index < -0.39 is 34.5 Å². The summed E-state index contributed by atoms with van der Waals surface area (Å²) in [6, 6.07) is 22.7. The van der Waals surface area contributed by atoms with Crippen molar-refractivity contribution >= 4 is 187 Å². The van der Waals surface area contributed by atoms with Crippen molar-refractivity contribution in [2.75, 3.05) is 118 Å². The number of nitrogens with one attached hydrogen (secondary N) is 8. The molecule has 0 aliphatic rings. The van der Waals surface area contributed by atoms with Crippen molar-refractivity contribution in [1.82, 2.24) is 9.97 Å². The van der Waals surface area contributed by atoms with E-state index in [0.717, 1.165) is 28.6 Å². The highest BCUT2D eigenvalue weighted by Crippen LogP contribution is 2.45.